The van der Waals surface area contributed by atoms with E-state index in [2.05, 4.69) is 5.32 Å². The molecule has 4 heteroatoms. The quantitative estimate of drug-likeness (QED) is 0.719. The summed E-state index contributed by atoms with van der Waals surface area (Å²) in [7, 11) is 0. The van der Waals surface area contributed by atoms with Crippen molar-refractivity contribution in [3.05, 3.63) is 35.6 Å². The number of aliphatic carboxylic acids is 1. The minimum atomic E-state index is -0.761. The molecule has 0 aliphatic carbocycles. The van der Waals surface area contributed by atoms with Gasteiger partial charge in [-0.25, -0.2) is 4.39 Å². The molecule has 1 atom stereocenters. The van der Waals surface area contributed by atoms with Gasteiger partial charge in [-0.05, 0) is 44.0 Å². The SMILES string of the molecule is CC(NCCCCC(=O)O)c1cccc(F)c1. The normalized spacial score (nSPS) is 12.4. The first-order chi connectivity index (χ1) is 8.09. The first kappa shape index (κ1) is 13.6. The molecule has 0 saturated carbocycles. The van der Waals surface area contributed by atoms with Crippen LogP contribution in [-0.2, 0) is 4.79 Å². The van der Waals surface area contributed by atoms with Crippen LogP contribution in [0.5, 0.6) is 0 Å². The van der Waals surface area contributed by atoms with Crippen molar-refractivity contribution in [3.8, 4) is 0 Å². The fourth-order valence-corrected chi connectivity index (χ4v) is 1.61. The zero-order chi connectivity index (χ0) is 12.7. The Labute approximate surface area is 101 Å². The summed E-state index contributed by atoms with van der Waals surface area (Å²) in [6.07, 6.45) is 1.68. The summed E-state index contributed by atoms with van der Waals surface area (Å²) in [6.45, 7) is 2.71. The fourth-order valence-electron chi connectivity index (χ4n) is 1.61. The lowest BCUT2D eigenvalue weighted by molar-refractivity contribution is -0.137. The van der Waals surface area contributed by atoms with E-state index in [1.807, 2.05) is 13.0 Å². The zero-order valence-electron chi connectivity index (χ0n) is 9.95. The van der Waals surface area contributed by atoms with Crippen molar-refractivity contribution >= 4 is 5.97 Å². The lowest BCUT2D eigenvalue weighted by atomic mass is 10.1. The van der Waals surface area contributed by atoms with Crippen molar-refractivity contribution in [1.82, 2.24) is 5.32 Å². The number of benzene rings is 1. The Morgan fingerprint density at radius 3 is 2.88 bits per heavy atom. The molecule has 1 unspecified atom stereocenters. The molecule has 2 N–H and O–H groups in total. The van der Waals surface area contributed by atoms with E-state index in [-0.39, 0.29) is 18.3 Å². The van der Waals surface area contributed by atoms with E-state index in [1.165, 1.54) is 12.1 Å². The number of unbranched alkanes of at least 4 members (excludes halogenated alkanes) is 1. The van der Waals surface area contributed by atoms with Gasteiger partial charge < -0.3 is 10.4 Å². The highest BCUT2D eigenvalue weighted by molar-refractivity contribution is 5.66. The number of carboxylic acid groups (broad SMARTS) is 1. The third kappa shape index (κ3) is 5.45. The molecule has 94 valence electrons. The molecule has 0 fully saturated rings. The Balaban J connectivity index is 2.25. The zero-order valence-corrected chi connectivity index (χ0v) is 9.95. The number of hydrogen-bond acceptors (Lipinski definition) is 2. The third-order valence-electron chi connectivity index (χ3n) is 2.62. The molecule has 0 bridgehead atoms. The molecule has 0 saturated heterocycles. The molecule has 0 aromatic heterocycles. The lowest BCUT2D eigenvalue weighted by Gasteiger charge is -2.13. The molecule has 0 aliphatic rings. The fraction of sp³-hybridized carbons (Fsp3) is 0.462. The highest BCUT2D eigenvalue weighted by Crippen LogP contribution is 2.13. The highest BCUT2D eigenvalue weighted by atomic mass is 19.1. The summed E-state index contributed by atoms with van der Waals surface area (Å²) >= 11 is 0. The Bertz CT molecular complexity index is 368. The summed E-state index contributed by atoms with van der Waals surface area (Å²) < 4.78 is 13.0. The van der Waals surface area contributed by atoms with Gasteiger partial charge in [-0.1, -0.05) is 12.1 Å². The van der Waals surface area contributed by atoms with E-state index in [0.717, 1.165) is 18.5 Å². The van der Waals surface area contributed by atoms with Crippen LogP contribution in [0.3, 0.4) is 0 Å². The van der Waals surface area contributed by atoms with Crippen molar-refractivity contribution in [1.29, 1.82) is 0 Å². The van der Waals surface area contributed by atoms with Gasteiger partial charge in [-0.3, -0.25) is 4.79 Å². The van der Waals surface area contributed by atoms with Crippen molar-refractivity contribution in [2.45, 2.75) is 32.2 Å². The number of carbonyl (C=O) groups is 1. The minimum absolute atomic E-state index is 0.0792. The van der Waals surface area contributed by atoms with Crippen molar-refractivity contribution in [2.75, 3.05) is 6.54 Å². The average molecular weight is 239 g/mol. The maximum Gasteiger partial charge on any atom is 0.303 e. The van der Waals surface area contributed by atoms with Gasteiger partial charge in [0.1, 0.15) is 5.82 Å². The molecule has 17 heavy (non-hydrogen) atoms. The maximum absolute atomic E-state index is 13.0. The Hall–Kier alpha value is -1.42. The Kier molecular flexibility index (Phi) is 5.63. The first-order valence-electron chi connectivity index (χ1n) is 5.80. The molecule has 1 aromatic rings. The molecular weight excluding hydrogens is 221 g/mol. The van der Waals surface area contributed by atoms with E-state index in [1.54, 1.807) is 6.07 Å². The topological polar surface area (TPSA) is 49.3 Å². The predicted molar refractivity (Wildman–Crippen MR) is 64.3 cm³/mol. The first-order valence-corrected chi connectivity index (χ1v) is 5.80. The third-order valence-corrected chi connectivity index (χ3v) is 2.62. The van der Waals surface area contributed by atoms with Crippen LogP contribution in [0.25, 0.3) is 0 Å². The molecule has 1 aromatic carbocycles. The Morgan fingerprint density at radius 1 is 1.47 bits per heavy atom. The maximum atomic E-state index is 13.0. The van der Waals surface area contributed by atoms with Crippen LogP contribution in [0.15, 0.2) is 24.3 Å². The van der Waals surface area contributed by atoms with Crippen LogP contribution >= 0.6 is 0 Å². The van der Waals surface area contributed by atoms with E-state index in [9.17, 15) is 9.18 Å². The molecule has 1 rings (SSSR count). The van der Waals surface area contributed by atoms with Crippen molar-refractivity contribution in [3.63, 3.8) is 0 Å². The van der Waals surface area contributed by atoms with Crippen molar-refractivity contribution < 1.29 is 14.3 Å². The monoisotopic (exact) mass is 239 g/mol. The summed E-state index contributed by atoms with van der Waals surface area (Å²) in [5.41, 5.74) is 0.906. The standard InChI is InChI=1S/C13H18FNO2/c1-10(11-5-4-6-12(14)9-11)15-8-3-2-7-13(16)17/h4-6,9-10,15H,2-3,7-8H2,1H3,(H,16,17). The molecular formula is C13H18FNO2. The average Bonchev–Trinajstić information content (AvgIpc) is 2.28. The number of halogens is 1. The highest BCUT2D eigenvalue weighted by Gasteiger charge is 2.05. The van der Waals surface area contributed by atoms with Gasteiger partial charge in [-0.2, -0.15) is 0 Å². The van der Waals surface area contributed by atoms with Crippen LogP contribution in [0.1, 0.15) is 37.8 Å². The van der Waals surface area contributed by atoms with Gasteiger partial charge in [0.05, 0.1) is 0 Å². The molecule has 0 radical (unpaired) electrons. The minimum Gasteiger partial charge on any atom is -0.481 e. The largest absolute Gasteiger partial charge is 0.481 e. The summed E-state index contributed by atoms with van der Waals surface area (Å²) in [4.78, 5) is 10.3. The van der Waals surface area contributed by atoms with Crippen molar-refractivity contribution in [2.24, 2.45) is 0 Å². The van der Waals surface area contributed by atoms with Gasteiger partial charge in [0.15, 0.2) is 0 Å². The second-order valence-electron chi connectivity index (χ2n) is 4.08. The molecule has 0 amide bonds. The van der Waals surface area contributed by atoms with Crippen LogP contribution in [-0.4, -0.2) is 17.6 Å². The number of hydrogen-bond donors (Lipinski definition) is 2. The molecule has 0 aliphatic heterocycles. The lowest BCUT2D eigenvalue weighted by Crippen LogP contribution is -2.20. The van der Waals surface area contributed by atoms with Gasteiger partial charge in [0, 0.05) is 12.5 Å². The van der Waals surface area contributed by atoms with Gasteiger partial charge in [0.2, 0.25) is 0 Å². The van der Waals surface area contributed by atoms with Crippen LogP contribution < -0.4 is 5.32 Å². The number of carboxylic acids is 1. The van der Waals surface area contributed by atoms with Gasteiger partial charge in [0.25, 0.3) is 0 Å². The summed E-state index contributed by atoms with van der Waals surface area (Å²) in [5.74, 6) is -0.995. The second kappa shape index (κ2) is 7.01. The van der Waals surface area contributed by atoms with E-state index < -0.39 is 5.97 Å². The van der Waals surface area contributed by atoms with Crippen LogP contribution in [0.4, 0.5) is 4.39 Å². The number of rotatable bonds is 7. The Morgan fingerprint density at radius 2 is 2.24 bits per heavy atom. The summed E-state index contributed by atoms with van der Waals surface area (Å²) in [5, 5.41) is 11.7. The van der Waals surface area contributed by atoms with E-state index in [0.29, 0.717) is 6.42 Å². The summed E-state index contributed by atoms with van der Waals surface area (Å²) in [6, 6.07) is 6.57. The molecule has 0 heterocycles. The van der Waals surface area contributed by atoms with E-state index in [4.69, 9.17) is 5.11 Å². The second-order valence-corrected chi connectivity index (χ2v) is 4.08. The van der Waals surface area contributed by atoms with E-state index >= 15 is 0 Å². The van der Waals surface area contributed by atoms with Gasteiger partial charge >= 0.3 is 5.97 Å². The van der Waals surface area contributed by atoms with Crippen LogP contribution in [0.2, 0.25) is 0 Å². The van der Waals surface area contributed by atoms with Gasteiger partial charge in [-0.15, -0.1) is 0 Å². The molecule has 0 spiro atoms. The smallest absolute Gasteiger partial charge is 0.303 e. The molecule has 3 nitrogen and oxygen atoms in total. The predicted octanol–water partition coefficient (Wildman–Crippen LogP) is 2.73. The number of nitrogens with one attached hydrogen (secondary N) is 1. The van der Waals surface area contributed by atoms with Crippen LogP contribution in [0, 0.1) is 5.82 Å².